The molecule has 0 atom stereocenters. The van der Waals surface area contributed by atoms with Crippen molar-refractivity contribution in [2.24, 2.45) is 0 Å². The first-order chi connectivity index (χ1) is 13.6. The van der Waals surface area contributed by atoms with Crippen molar-refractivity contribution in [3.63, 3.8) is 0 Å². The highest BCUT2D eigenvalue weighted by molar-refractivity contribution is 5.89. The summed E-state index contributed by atoms with van der Waals surface area (Å²) in [6, 6.07) is 24.1. The van der Waals surface area contributed by atoms with Crippen LogP contribution in [0.1, 0.15) is 5.56 Å². The van der Waals surface area contributed by atoms with Crippen LogP contribution in [0.4, 0.5) is 0 Å². The van der Waals surface area contributed by atoms with Gasteiger partial charge in [0.2, 0.25) is 0 Å². The minimum atomic E-state index is -0.550. The van der Waals surface area contributed by atoms with Crippen LogP contribution in [-0.4, -0.2) is 11.9 Å². The van der Waals surface area contributed by atoms with Gasteiger partial charge in [-0.2, -0.15) is 0 Å². The van der Waals surface area contributed by atoms with E-state index in [1.807, 2.05) is 54.6 Å². The quantitative estimate of drug-likeness (QED) is 0.346. The summed E-state index contributed by atoms with van der Waals surface area (Å²) in [6.45, 7) is 3.33. The van der Waals surface area contributed by atoms with Crippen LogP contribution in [-0.2, 0) is 9.59 Å². The molecule has 0 N–H and O–H groups in total. The highest BCUT2D eigenvalue weighted by Gasteiger charge is 2.03. The highest BCUT2D eigenvalue weighted by Crippen LogP contribution is 2.20. The Morgan fingerprint density at radius 2 is 1.21 bits per heavy atom. The van der Waals surface area contributed by atoms with E-state index in [4.69, 9.17) is 9.47 Å². The molecule has 3 rings (SSSR count). The van der Waals surface area contributed by atoms with Crippen molar-refractivity contribution in [3.8, 4) is 22.6 Å². The molecule has 0 aliphatic rings. The van der Waals surface area contributed by atoms with Crippen molar-refractivity contribution < 1.29 is 19.1 Å². The second-order valence-corrected chi connectivity index (χ2v) is 5.84. The lowest BCUT2D eigenvalue weighted by atomic mass is 10.0. The summed E-state index contributed by atoms with van der Waals surface area (Å²) in [5, 5.41) is 0. The first-order valence-corrected chi connectivity index (χ1v) is 8.64. The van der Waals surface area contributed by atoms with Gasteiger partial charge < -0.3 is 9.47 Å². The third-order valence-corrected chi connectivity index (χ3v) is 3.86. The van der Waals surface area contributed by atoms with Crippen LogP contribution in [0.15, 0.2) is 97.6 Å². The van der Waals surface area contributed by atoms with Crippen molar-refractivity contribution >= 4 is 18.0 Å². The molecular formula is C24H18O4. The fourth-order valence-corrected chi connectivity index (χ4v) is 2.47. The molecule has 3 aromatic carbocycles. The zero-order valence-electron chi connectivity index (χ0n) is 15.1. The minimum Gasteiger partial charge on any atom is -0.423 e. The Morgan fingerprint density at radius 3 is 1.79 bits per heavy atom. The van der Waals surface area contributed by atoms with Gasteiger partial charge in [0.05, 0.1) is 0 Å². The maximum atomic E-state index is 12.0. The average Bonchev–Trinajstić information content (AvgIpc) is 2.74. The van der Waals surface area contributed by atoms with Gasteiger partial charge in [0.1, 0.15) is 11.5 Å². The van der Waals surface area contributed by atoms with Gasteiger partial charge in [-0.25, -0.2) is 9.59 Å². The van der Waals surface area contributed by atoms with E-state index in [2.05, 4.69) is 6.58 Å². The second-order valence-electron chi connectivity index (χ2n) is 5.84. The summed E-state index contributed by atoms with van der Waals surface area (Å²) < 4.78 is 10.2. The minimum absolute atomic E-state index is 0.346. The first-order valence-electron chi connectivity index (χ1n) is 8.64. The van der Waals surface area contributed by atoms with Crippen LogP contribution in [0, 0.1) is 0 Å². The molecule has 138 valence electrons. The van der Waals surface area contributed by atoms with E-state index >= 15 is 0 Å². The molecule has 4 nitrogen and oxygen atoms in total. The Kier molecular flexibility index (Phi) is 6.16. The number of hydrogen-bond acceptors (Lipinski definition) is 4. The smallest absolute Gasteiger partial charge is 0.336 e. The Labute approximate surface area is 163 Å². The predicted octanol–water partition coefficient (Wildman–Crippen LogP) is 5.06. The van der Waals surface area contributed by atoms with Gasteiger partial charge in [-0.1, -0.05) is 61.2 Å². The molecule has 0 spiro atoms. The molecule has 3 aromatic rings. The van der Waals surface area contributed by atoms with Gasteiger partial charge in [-0.3, -0.25) is 0 Å². The number of benzene rings is 3. The van der Waals surface area contributed by atoms with Crippen LogP contribution in [0.5, 0.6) is 11.5 Å². The normalized spacial score (nSPS) is 10.4. The summed E-state index contributed by atoms with van der Waals surface area (Å²) in [5.41, 5.74) is 3.14. The zero-order valence-corrected chi connectivity index (χ0v) is 15.1. The number of carbonyl (C=O) groups excluding carboxylic acids is 2. The predicted molar refractivity (Wildman–Crippen MR) is 109 cm³/mol. The van der Waals surface area contributed by atoms with E-state index in [0.717, 1.165) is 22.8 Å². The fourth-order valence-electron chi connectivity index (χ4n) is 2.47. The SMILES string of the molecule is C=CC(=O)Oc1ccc(OC(=O)C=Cc2ccc(-c3ccccc3)cc2)cc1. The number of hydrogen-bond donors (Lipinski definition) is 0. The molecule has 0 saturated heterocycles. The van der Waals surface area contributed by atoms with Gasteiger partial charge in [-0.05, 0) is 47.0 Å². The van der Waals surface area contributed by atoms with Gasteiger partial charge in [0.25, 0.3) is 0 Å². The van der Waals surface area contributed by atoms with E-state index in [1.54, 1.807) is 18.2 Å². The molecule has 0 unspecified atom stereocenters. The Balaban J connectivity index is 1.57. The summed E-state index contributed by atoms with van der Waals surface area (Å²) in [5.74, 6) is -0.347. The Bertz CT molecular complexity index is 985. The van der Waals surface area contributed by atoms with E-state index < -0.39 is 11.9 Å². The second kappa shape index (κ2) is 9.14. The summed E-state index contributed by atoms with van der Waals surface area (Å²) in [7, 11) is 0. The molecule has 0 radical (unpaired) electrons. The molecular weight excluding hydrogens is 352 g/mol. The van der Waals surface area contributed by atoms with E-state index in [9.17, 15) is 9.59 Å². The lowest BCUT2D eigenvalue weighted by molar-refractivity contribution is -0.130. The van der Waals surface area contributed by atoms with Gasteiger partial charge in [0, 0.05) is 12.2 Å². The molecule has 28 heavy (non-hydrogen) atoms. The van der Waals surface area contributed by atoms with Crippen LogP contribution >= 0.6 is 0 Å². The number of ether oxygens (including phenoxy) is 2. The molecule has 4 heteroatoms. The van der Waals surface area contributed by atoms with Crippen molar-refractivity contribution in [1.82, 2.24) is 0 Å². The summed E-state index contributed by atoms with van der Waals surface area (Å²) in [4.78, 5) is 23.1. The topological polar surface area (TPSA) is 52.6 Å². The molecule has 0 aromatic heterocycles. The third-order valence-electron chi connectivity index (χ3n) is 3.86. The van der Waals surface area contributed by atoms with Gasteiger partial charge >= 0.3 is 11.9 Å². The van der Waals surface area contributed by atoms with Crippen LogP contribution < -0.4 is 9.47 Å². The monoisotopic (exact) mass is 370 g/mol. The fraction of sp³-hybridized carbons (Fsp3) is 0. The van der Waals surface area contributed by atoms with Crippen molar-refractivity contribution in [2.75, 3.05) is 0 Å². The highest BCUT2D eigenvalue weighted by atomic mass is 16.5. The largest absolute Gasteiger partial charge is 0.423 e. The standard InChI is InChI=1S/C24H18O4/c1-2-23(25)27-21-13-15-22(16-14-21)28-24(26)17-10-18-8-11-20(12-9-18)19-6-4-3-5-7-19/h2-17H,1H2. The van der Waals surface area contributed by atoms with Crippen LogP contribution in [0.3, 0.4) is 0 Å². The lowest BCUT2D eigenvalue weighted by Crippen LogP contribution is -2.05. The third kappa shape index (κ3) is 5.29. The Morgan fingerprint density at radius 1 is 0.679 bits per heavy atom. The zero-order chi connectivity index (χ0) is 19.8. The maximum absolute atomic E-state index is 12.0. The van der Waals surface area contributed by atoms with Crippen molar-refractivity contribution in [3.05, 3.63) is 103 Å². The first kappa shape index (κ1) is 18.9. The molecule has 0 fully saturated rings. The summed E-state index contributed by atoms with van der Waals surface area (Å²) >= 11 is 0. The van der Waals surface area contributed by atoms with Crippen molar-refractivity contribution in [1.29, 1.82) is 0 Å². The molecule has 0 bridgehead atoms. The van der Waals surface area contributed by atoms with Gasteiger partial charge in [-0.15, -0.1) is 0 Å². The maximum Gasteiger partial charge on any atom is 0.336 e. The van der Waals surface area contributed by atoms with E-state index in [0.29, 0.717) is 11.5 Å². The Hall–Kier alpha value is -3.92. The molecule has 0 amide bonds. The molecule has 0 heterocycles. The lowest BCUT2D eigenvalue weighted by Gasteiger charge is -2.04. The molecule has 0 aliphatic carbocycles. The van der Waals surface area contributed by atoms with Crippen LogP contribution in [0.2, 0.25) is 0 Å². The van der Waals surface area contributed by atoms with Crippen molar-refractivity contribution in [2.45, 2.75) is 0 Å². The summed E-state index contributed by atoms with van der Waals surface area (Å²) in [6.07, 6.45) is 4.13. The van der Waals surface area contributed by atoms with Crippen LogP contribution in [0.25, 0.3) is 17.2 Å². The molecule has 0 aliphatic heterocycles. The average molecular weight is 370 g/mol. The number of esters is 2. The van der Waals surface area contributed by atoms with E-state index in [-0.39, 0.29) is 0 Å². The molecule has 0 saturated carbocycles. The number of carbonyl (C=O) groups is 2. The van der Waals surface area contributed by atoms with Gasteiger partial charge in [0.15, 0.2) is 0 Å². The number of rotatable bonds is 6. The van der Waals surface area contributed by atoms with E-state index in [1.165, 1.54) is 18.2 Å².